The maximum atomic E-state index is 11.7. The van der Waals surface area contributed by atoms with Gasteiger partial charge in [0.15, 0.2) is 11.5 Å². The molecule has 0 spiro atoms. The summed E-state index contributed by atoms with van der Waals surface area (Å²) in [6.45, 7) is 2.54. The standard InChI is InChI=1S/C20H22ClN3O4/c1-3-11-22-19(25)20(26)24-23-12-14-8-6-10-17(27-2)18(14)28-13-15-7-4-5-9-16(15)21/h4-10,12H,3,11,13H2,1-2H3,(H,22,25)(H,24,26)/b23-12-. The van der Waals surface area contributed by atoms with Crippen LogP contribution in [-0.2, 0) is 16.2 Å². The molecule has 0 fully saturated rings. The highest BCUT2D eigenvalue weighted by Gasteiger charge is 2.13. The largest absolute Gasteiger partial charge is 0.493 e. The van der Waals surface area contributed by atoms with E-state index in [0.717, 1.165) is 12.0 Å². The van der Waals surface area contributed by atoms with Crippen LogP contribution >= 0.6 is 11.6 Å². The first kappa shape index (κ1) is 21.2. The van der Waals surface area contributed by atoms with Gasteiger partial charge in [0, 0.05) is 22.7 Å². The van der Waals surface area contributed by atoms with E-state index in [9.17, 15) is 9.59 Å². The van der Waals surface area contributed by atoms with Crippen LogP contribution in [0, 0.1) is 0 Å². The molecule has 0 aliphatic carbocycles. The number of hydrogen-bond donors (Lipinski definition) is 2. The lowest BCUT2D eigenvalue weighted by molar-refractivity contribution is -0.139. The van der Waals surface area contributed by atoms with Crippen LogP contribution in [0.2, 0.25) is 5.02 Å². The fourth-order valence-electron chi connectivity index (χ4n) is 2.25. The molecular weight excluding hydrogens is 382 g/mol. The average Bonchev–Trinajstić information content (AvgIpc) is 2.71. The van der Waals surface area contributed by atoms with Gasteiger partial charge in [0.2, 0.25) is 0 Å². The first-order valence-electron chi connectivity index (χ1n) is 8.71. The summed E-state index contributed by atoms with van der Waals surface area (Å²) in [4.78, 5) is 23.2. The maximum absolute atomic E-state index is 11.7. The SMILES string of the molecule is CCCNC(=O)C(=O)N/N=C\c1cccc(OC)c1OCc1ccccc1Cl. The van der Waals surface area contributed by atoms with E-state index in [-0.39, 0.29) is 6.61 Å². The second-order valence-corrected chi connectivity index (χ2v) is 6.12. The van der Waals surface area contributed by atoms with Crippen molar-refractivity contribution >= 4 is 29.6 Å². The Balaban J connectivity index is 2.10. The Morgan fingerprint density at radius 2 is 1.93 bits per heavy atom. The molecule has 2 amide bonds. The lowest BCUT2D eigenvalue weighted by Crippen LogP contribution is -2.38. The number of methoxy groups -OCH3 is 1. The van der Waals surface area contributed by atoms with E-state index < -0.39 is 11.8 Å². The molecule has 2 N–H and O–H groups in total. The van der Waals surface area contributed by atoms with Crippen LogP contribution in [0.25, 0.3) is 0 Å². The minimum atomic E-state index is -0.842. The van der Waals surface area contributed by atoms with Crippen LogP contribution in [0.3, 0.4) is 0 Å². The number of rotatable bonds is 8. The number of ether oxygens (including phenoxy) is 2. The zero-order valence-electron chi connectivity index (χ0n) is 15.7. The van der Waals surface area contributed by atoms with Crippen LogP contribution < -0.4 is 20.2 Å². The highest BCUT2D eigenvalue weighted by molar-refractivity contribution is 6.35. The quantitative estimate of drug-likeness (QED) is 0.403. The Morgan fingerprint density at radius 1 is 1.14 bits per heavy atom. The fraction of sp³-hybridized carbons (Fsp3) is 0.250. The van der Waals surface area contributed by atoms with Gasteiger partial charge in [0.25, 0.3) is 0 Å². The molecule has 0 heterocycles. The molecule has 0 atom stereocenters. The van der Waals surface area contributed by atoms with Crippen molar-refractivity contribution in [2.75, 3.05) is 13.7 Å². The van der Waals surface area contributed by atoms with Crippen molar-refractivity contribution in [3.8, 4) is 11.5 Å². The minimum Gasteiger partial charge on any atom is -0.493 e. The molecule has 28 heavy (non-hydrogen) atoms. The van der Waals surface area contributed by atoms with Gasteiger partial charge in [-0.25, -0.2) is 5.43 Å². The van der Waals surface area contributed by atoms with E-state index >= 15 is 0 Å². The van der Waals surface area contributed by atoms with Crippen molar-refractivity contribution in [2.45, 2.75) is 20.0 Å². The minimum absolute atomic E-state index is 0.229. The first-order valence-corrected chi connectivity index (χ1v) is 9.09. The van der Waals surface area contributed by atoms with Crippen molar-refractivity contribution in [3.05, 3.63) is 58.6 Å². The molecule has 8 heteroatoms. The van der Waals surface area contributed by atoms with E-state index in [4.69, 9.17) is 21.1 Å². The molecule has 0 aromatic heterocycles. The topological polar surface area (TPSA) is 89.0 Å². The van der Waals surface area contributed by atoms with Crippen molar-refractivity contribution in [1.29, 1.82) is 0 Å². The van der Waals surface area contributed by atoms with Crippen LogP contribution in [0.15, 0.2) is 47.6 Å². The number of nitrogens with zero attached hydrogens (tertiary/aromatic N) is 1. The Bertz CT molecular complexity index is 855. The smallest absolute Gasteiger partial charge is 0.329 e. The maximum Gasteiger partial charge on any atom is 0.329 e. The molecular formula is C20H22ClN3O4. The second kappa shape index (κ2) is 10.9. The molecule has 0 saturated carbocycles. The number of para-hydroxylation sites is 1. The van der Waals surface area contributed by atoms with Crippen molar-refractivity contribution in [3.63, 3.8) is 0 Å². The lowest BCUT2D eigenvalue weighted by atomic mass is 10.2. The van der Waals surface area contributed by atoms with Gasteiger partial charge in [-0.05, 0) is 24.6 Å². The Kier molecular flexibility index (Phi) is 8.30. The van der Waals surface area contributed by atoms with Crippen LogP contribution in [0.5, 0.6) is 11.5 Å². The van der Waals surface area contributed by atoms with E-state index in [0.29, 0.717) is 28.6 Å². The third kappa shape index (κ3) is 5.99. The van der Waals surface area contributed by atoms with Gasteiger partial charge in [0.1, 0.15) is 6.61 Å². The number of hydrogen-bond acceptors (Lipinski definition) is 5. The third-order valence-electron chi connectivity index (χ3n) is 3.67. The molecule has 0 radical (unpaired) electrons. The number of benzene rings is 2. The van der Waals surface area contributed by atoms with Gasteiger partial charge >= 0.3 is 11.8 Å². The Morgan fingerprint density at radius 3 is 2.64 bits per heavy atom. The van der Waals surface area contributed by atoms with E-state index in [2.05, 4.69) is 15.8 Å². The summed E-state index contributed by atoms with van der Waals surface area (Å²) in [5.74, 6) is -0.632. The number of amides is 2. The number of nitrogens with one attached hydrogen (secondary N) is 2. The van der Waals surface area contributed by atoms with Crippen LogP contribution in [-0.4, -0.2) is 31.7 Å². The molecule has 2 aromatic carbocycles. The highest BCUT2D eigenvalue weighted by atomic mass is 35.5. The summed E-state index contributed by atoms with van der Waals surface area (Å²) in [5.41, 5.74) is 3.58. The van der Waals surface area contributed by atoms with Crippen LogP contribution in [0.1, 0.15) is 24.5 Å². The van der Waals surface area contributed by atoms with Crippen molar-refractivity contribution < 1.29 is 19.1 Å². The Labute approximate surface area is 168 Å². The number of carbonyl (C=O) groups is 2. The molecule has 0 saturated heterocycles. The fourth-order valence-corrected chi connectivity index (χ4v) is 2.44. The van der Waals surface area contributed by atoms with Gasteiger partial charge in [-0.3, -0.25) is 9.59 Å². The first-order chi connectivity index (χ1) is 13.6. The molecule has 0 aliphatic heterocycles. The number of hydrazone groups is 1. The summed E-state index contributed by atoms with van der Waals surface area (Å²) in [6, 6.07) is 12.6. The van der Waals surface area contributed by atoms with E-state index in [1.54, 1.807) is 24.3 Å². The zero-order chi connectivity index (χ0) is 20.4. The van der Waals surface area contributed by atoms with Gasteiger partial charge in [-0.1, -0.05) is 42.8 Å². The molecule has 2 aromatic rings. The molecule has 0 aliphatic rings. The molecule has 0 unspecified atom stereocenters. The summed E-state index contributed by atoms with van der Waals surface area (Å²) in [6.07, 6.45) is 2.12. The van der Waals surface area contributed by atoms with E-state index in [1.165, 1.54) is 13.3 Å². The Hall–Kier alpha value is -3.06. The third-order valence-corrected chi connectivity index (χ3v) is 4.04. The zero-order valence-corrected chi connectivity index (χ0v) is 16.5. The van der Waals surface area contributed by atoms with Gasteiger partial charge in [-0.15, -0.1) is 0 Å². The monoisotopic (exact) mass is 403 g/mol. The molecule has 2 rings (SSSR count). The predicted octanol–water partition coefficient (Wildman–Crippen LogP) is 2.90. The predicted molar refractivity (Wildman–Crippen MR) is 108 cm³/mol. The summed E-state index contributed by atoms with van der Waals surface area (Å²) >= 11 is 6.17. The van der Waals surface area contributed by atoms with Crippen molar-refractivity contribution in [2.24, 2.45) is 5.10 Å². The van der Waals surface area contributed by atoms with Crippen LogP contribution in [0.4, 0.5) is 0 Å². The second-order valence-electron chi connectivity index (χ2n) is 5.71. The van der Waals surface area contributed by atoms with Gasteiger partial charge < -0.3 is 14.8 Å². The normalized spacial score (nSPS) is 10.5. The number of carbonyl (C=O) groups excluding carboxylic acids is 2. The lowest BCUT2D eigenvalue weighted by Gasteiger charge is -2.13. The van der Waals surface area contributed by atoms with E-state index in [1.807, 2.05) is 25.1 Å². The summed E-state index contributed by atoms with van der Waals surface area (Å²) in [7, 11) is 1.53. The summed E-state index contributed by atoms with van der Waals surface area (Å²) in [5, 5.41) is 6.90. The average molecular weight is 404 g/mol. The van der Waals surface area contributed by atoms with Gasteiger partial charge in [0.05, 0.1) is 13.3 Å². The molecule has 0 bridgehead atoms. The summed E-state index contributed by atoms with van der Waals surface area (Å²) < 4.78 is 11.2. The molecule has 7 nitrogen and oxygen atoms in total. The number of halogens is 1. The molecule has 148 valence electrons. The van der Waals surface area contributed by atoms with Gasteiger partial charge in [-0.2, -0.15) is 5.10 Å². The van der Waals surface area contributed by atoms with Crippen molar-refractivity contribution in [1.82, 2.24) is 10.7 Å². The highest BCUT2D eigenvalue weighted by Crippen LogP contribution is 2.31.